The topological polar surface area (TPSA) is 108 Å². The van der Waals surface area contributed by atoms with Gasteiger partial charge in [-0.25, -0.2) is 22.9 Å². The van der Waals surface area contributed by atoms with Crippen molar-refractivity contribution in [2.45, 2.75) is 82.2 Å². The molecule has 0 unspecified atom stereocenters. The van der Waals surface area contributed by atoms with E-state index in [-0.39, 0.29) is 16.7 Å². The van der Waals surface area contributed by atoms with Crippen molar-refractivity contribution < 1.29 is 18.3 Å². The lowest BCUT2D eigenvalue weighted by Gasteiger charge is -2.42. The summed E-state index contributed by atoms with van der Waals surface area (Å²) in [4.78, 5) is 17.0. The second-order valence-electron chi connectivity index (χ2n) is 10.1. The van der Waals surface area contributed by atoms with E-state index in [9.17, 15) is 18.3 Å². The summed E-state index contributed by atoms with van der Waals surface area (Å²) in [7, 11) is -3.74. The van der Waals surface area contributed by atoms with E-state index in [4.69, 9.17) is 0 Å². The number of hydrogen-bond acceptors (Lipinski definition) is 5. The Morgan fingerprint density at radius 1 is 1.27 bits per heavy atom. The molecule has 7 nitrogen and oxygen atoms in total. The van der Waals surface area contributed by atoms with E-state index >= 15 is 0 Å². The van der Waals surface area contributed by atoms with Gasteiger partial charge in [-0.15, -0.1) is 11.3 Å². The number of nitrogens with zero attached hydrogens (tertiary/aromatic N) is 1. The third kappa shape index (κ3) is 6.15. The van der Waals surface area contributed by atoms with E-state index in [0.29, 0.717) is 10.0 Å². The highest BCUT2D eigenvalue weighted by Gasteiger charge is 2.40. The van der Waals surface area contributed by atoms with Gasteiger partial charge in [-0.05, 0) is 64.5 Å². The molecule has 1 aliphatic rings. The average Bonchev–Trinajstić information content (AvgIpc) is 3.16. The SMILES string of the molecule is CC(C)C1(NC(=O)O)CCC(c2ncc(-c3ccc(Br)cc3S(=O)(=O)NC(C)(C)C)s2)CC1. The summed E-state index contributed by atoms with van der Waals surface area (Å²) in [5, 5.41) is 13.0. The first-order valence-electron chi connectivity index (χ1n) is 11.0. The number of nitrogens with one attached hydrogen (secondary N) is 2. The fourth-order valence-electron chi connectivity index (χ4n) is 4.42. The predicted octanol–water partition coefficient (Wildman–Crippen LogP) is 5.97. The van der Waals surface area contributed by atoms with Crippen LogP contribution in [0.4, 0.5) is 4.79 Å². The molecule has 1 aromatic carbocycles. The second-order valence-corrected chi connectivity index (χ2v) is 13.7. The largest absolute Gasteiger partial charge is 0.465 e. The number of thiazole rings is 1. The predicted molar refractivity (Wildman–Crippen MR) is 135 cm³/mol. The van der Waals surface area contributed by atoms with Gasteiger partial charge in [-0.1, -0.05) is 35.8 Å². The Morgan fingerprint density at radius 2 is 1.91 bits per heavy atom. The van der Waals surface area contributed by atoms with Crippen LogP contribution in [0.1, 0.15) is 71.2 Å². The molecule has 0 aliphatic heterocycles. The van der Waals surface area contributed by atoms with Gasteiger partial charge in [0.2, 0.25) is 10.0 Å². The molecule has 3 N–H and O–H groups in total. The first-order chi connectivity index (χ1) is 15.2. The van der Waals surface area contributed by atoms with Crippen molar-refractivity contribution in [3.63, 3.8) is 0 Å². The monoisotopic (exact) mass is 557 g/mol. The minimum atomic E-state index is -3.74. The van der Waals surface area contributed by atoms with Crippen molar-refractivity contribution in [2.24, 2.45) is 5.92 Å². The van der Waals surface area contributed by atoms with Crippen LogP contribution in [-0.2, 0) is 10.0 Å². The van der Waals surface area contributed by atoms with Crippen molar-refractivity contribution in [1.29, 1.82) is 0 Å². The third-order valence-electron chi connectivity index (χ3n) is 6.15. The molecule has 10 heteroatoms. The molecule has 0 saturated heterocycles. The van der Waals surface area contributed by atoms with Gasteiger partial charge in [0, 0.05) is 33.2 Å². The highest BCUT2D eigenvalue weighted by molar-refractivity contribution is 9.10. The molecule has 3 rings (SSSR count). The molecular weight excluding hydrogens is 526 g/mol. The molecule has 0 bridgehead atoms. The molecule has 2 aromatic rings. The molecule has 1 amide bonds. The van der Waals surface area contributed by atoms with Crippen LogP contribution in [0.15, 0.2) is 33.8 Å². The fraction of sp³-hybridized carbons (Fsp3) is 0.565. The lowest BCUT2D eigenvalue weighted by atomic mass is 9.71. The summed E-state index contributed by atoms with van der Waals surface area (Å²) in [6, 6.07) is 5.26. The summed E-state index contributed by atoms with van der Waals surface area (Å²) in [5.74, 6) is 0.432. The zero-order valence-corrected chi connectivity index (χ0v) is 22.8. The highest BCUT2D eigenvalue weighted by atomic mass is 79.9. The zero-order valence-electron chi connectivity index (χ0n) is 19.6. The number of amides is 1. The molecule has 0 radical (unpaired) electrons. The maximum atomic E-state index is 13.1. The van der Waals surface area contributed by atoms with Gasteiger partial charge in [0.15, 0.2) is 0 Å². The quantitative estimate of drug-likeness (QED) is 0.405. The van der Waals surface area contributed by atoms with E-state index in [1.165, 1.54) is 11.3 Å². The number of rotatable bonds is 6. The Bertz CT molecular complexity index is 1110. The Hall–Kier alpha value is -1.49. The standard InChI is InChI=1S/C23H32BrN3O4S2/c1-14(2)23(26-21(28)29)10-8-15(9-11-23)20-25-13-18(32-20)17-7-6-16(24)12-19(17)33(30,31)27-22(3,4)5/h6-7,12-15,26-27H,8-11H2,1-5H3,(H,28,29). The van der Waals surface area contributed by atoms with Gasteiger partial charge < -0.3 is 10.4 Å². The van der Waals surface area contributed by atoms with E-state index in [2.05, 4.69) is 44.8 Å². The van der Waals surface area contributed by atoms with Crippen LogP contribution in [0.2, 0.25) is 0 Å². The average molecular weight is 559 g/mol. The van der Waals surface area contributed by atoms with E-state index in [0.717, 1.165) is 35.6 Å². The van der Waals surface area contributed by atoms with Crippen LogP contribution in [0.5, 0.6) is 0 Å². The molecule has 0 atom stereocenters. The number of hydrogen-bond donors (Lipinski definition) is 3. The molecule has 1 fully saturated rings. The van der Waals surface area contributed by atoms with Crippen LogP contribution < -0.4 is 10.0 Å². The van der Waals surface area contributed by atoms with Crippen molar-refractivity contribution in [2.75, 3.05) is 0 Å². The number of sulfonamides is 1. The molecule has 1 aliphatic carbocycles. The lowest BCUT2D eigenvalue weighted by Crippen LogP contribution is -2.53. The molecule has 33 heavy (non-hydrogen) atoms. The maximum absolute atomic E-state index is 13.1. The number of benzene rings is 1. The van der Waals surface area contributed by atoms with Crippen LogP contribution >= 0.6 is 27.3 Å². The summed E-state index contributed by atoms with van der Waals surface area (Å²) >= 11 is 4.91. The summed E-state index contributed by atoms with van der Waals surface area (Å²) in [5.41, 5.74) is -0.390. The van der Waals surface area contributed by atoms with E-state index < -0.39 is 27.2 Å². The molecule has 1 heterocycles. The first kappa shape index (κ1) is 26.1. The minimum Gasteiger partial charge on any atom is -0.465 e. The van der Waals surface area contributed by atoms with Crippen molar-refractivity contribution in [3.05, 3.63) is 33.9 Å². The zero-order chi connectivity index (χ0) is 24.6. The molecular formula is C23H32BrN3O4S2. The number of carboxylic acid groups (broad SMARTS) is 1. The van der Waals surface area contributed by atoms with Crippen LogP contribution in [0, 0.1) is 5.92 Å². The number of aromatic nitrogens is 1. The molecule has 182 valence electrons. The maximum Gasteiger partial charge on any atom is 0.405 e. The van der Waals surface area contributed by atoms with Gasteiger partial charge in [-0.3, -0.25) is 0 Å². The summed E-state index contributed by atoms with van der Waals surface area (Å²) in [6.07, 6.45) is 3.95. The van der Waals surface area contributed by atoms with Crippen LogP contribution in [-0.4, -0.2) is 35.7 Å². The van der Waals surface area contributed by atoms with Gasteiger partial charge in [0.05, 0.1) is 14.8 Å². The Labute approximate surface area is 208 Å². The fourth-order valence-corrected chi connectivity index (χ4v) is 7.79. The molecule has 1 saturated carbocycles. The lowest BCUT2D eigenvalue weighted by molar-refractivity contribution is 0.130. The first-order valence-corrected chi connectivity index (χ1v) is 14.1. The third-order valence-corrected chi connectivity index (χ3v) is 9.64. The smallest absolute Gasteiger partial charge is 0.405 e. The Kier molecular flexibility index (Phi) is 7.63. The number of carbonyl (C=O) groups is 1. The van der Waals surface area contributed by atoms with Gasteiger partial charge in [0.1, 0.15) is 0 Å². The Morgan fingerprint density at radius 3 is 2.45 bits per heavy atom. The van der Waals surface area contributed by atoms with E-state index in [1.807, 2.05) is 26.8 Å². The van der Waals surface area contributed by atoms with Gasteiger partial charge in [-0.2, -0.15) is 0 Å². The highest BCUT2D eigenvalue weighted by Crippen LogP contribution is 2.44. The van der Waals surface area contributed by atoms with Crippen LogP contribution in [0.3, 0.4) is 0 Å². The van der Waals surface area contributed by atoms with E-state index in [1.54, 1.807) is 18.3 Å². The molecule has 0 spiro atoms. The minimum absolute atomic E-state index is 0.201. The Balaban J connectivity index is 1.87. The molecule has 1 aromatic heterocycles. The van der Waals surface area contributed by atoms with Crippen LogP contribution in [0.25, 0.3) is 10.4 Å². The van der Waals surface area contributed by atoms with Gasteiger partial charge in [0.25, 0.3) is 0 Å². The number of halogens is 1. The second kappa shape index (κ2) is 9.64. The normalized spacial score (nSPS) is 21.8. The van der Waals surface area contributed by atoms with Crippen molar-refractivity contribution >= 4 is 43.4 Å². The van der Waals surface area contributed by atoms with Gasteiger partial charge >= 0.3 is 6.09 Å². The van der Waals surface area contributed by atoms with Crippen molar-refractivity contribution in [3.8, 4) is 10.4 Å². The summed E-state index contributed by atoms with van der Waals surface area (Å²) in [6.45, 7) is 9.54. The summed E-state index contributed by atoms with van der Waals surface area (Å²) < 4.78 is 29.7. The van der Waals surface area contributed by atoms with Crippen molar-refractivity contribution in [1.82, 2.24) is 15.0 Å².